The number of benzene rings is 2. The molecule has 0 aliphatic heterocycles. The first kappa shape index (κ1) is 14.8. The number of para-hydroxylation sites is 1. The minimum absolute atomic E-state index is 0.350. The molecule has 2 N–H and O–H groups in total. The number of H-pyrrole nitrogens is 1. The van der Waals surface area contributed by atoms with Gasteiger partial charge in [-0.15, -0.1) is 10.2 Å². The van der Waals surface area contributed by atoms with Crippen LogP contribution in [0.1, 0.15) is 12.5 Å². The highest BCUT2D eigenvalue weighted by atomic mass is 79.9. The van der Waals surface area contributed by atoms with Crippen molar-refractivity contribution in [2.75, 3.05) is 5.43 Å². The Hall–Kier alpha value is -2.80. The van der Waals surface area contributed by atoms with Crippen LogP contribution >= 0.6 is 15.9 Å². The number of nitrogens with one attached hydrogen (secondary N) is 2. The smallest absolute Gasteiger partial charge is 0.265 e. The fraction of sp³-hybridized carbons (Fsp3) is 0.0588. The third kappa shape index (κ3) is 2.74. The largest absolute Gasteiger partial charge is 0.338 e. The summed E-state index contributed by atoms with van der Waals surface area (Å²) in [5, 5.41) is 13.7. The van der Waals surface area contributed by atoms with Gasteiger partial charge in [0.15, 0.2) is 5.65 Å². The summed E-state index contributed by atoms with van der Waals surface area (Å²) >= 11 is 3.46. The summed E-state index contributed by atoms with van der Waals surface area (Å²) < 4.78 is 1.01. The second-order valence-electron chi connectivity index (χ2n) is 5.32. The van der Waals surface area contributed by atoms with Gasteiger partial charge in [0.25, 0.3) is 5.95 Å². The molecule has 2 heterocycles. The Morgan fingerprint density at radius 1 is 1.12 bits per heavy atom. The van der Waals surface area contributed by atoms with Crippen LogP contribution in [0.4, 0.5) is 5.95 Å². The fourth-order valence-corrected chi connectivity index (χ4v) is 2.88. The number of hydrogen-bond acceptors (Lipinski definition) is 5. The van der Waals surface area contributed by atoms with E-state index in [2.05, 4.69) is 46.6 Å². The quantitative estimate of drug-likeness (QED) is 0.414. The molecule has 24 heavy (non-hydrogen) atoms. The van der Waals surface area contributed by atoms with Crippen molar-refractivity contribution in [3.05, 3.63) is 58.6 Å². The van der Waals surface area contributed by atoms with Crippen molar-refractivity contribution >= 4 is 49.7 Å². The van der Waals surface area contributed by atoms with E-state index in [0.29, 0.717) is 11.6 Å². The van der Waals surface area contributed by atoms with Crippen LogP contribution in [-0.2, 0) is 0 Å². The van der Waals surface area contributed by atoms with E-state index in [1.54, 1.807) is 0 Å². The molecule has 0 amide bonds. The standard InChI is InChI=1S/C17H13BrN6/c1-10(11-5-4-6-12(18)9-11)21-23-17-20-16-15(22-24-17)13-7-2-3-8-14(13)19-16/h2-9H,1H3,(H2,19,20,23,24). The maximum atomic E-state index is 4.44. The predicted molar refractivity (Wildman–Crippen MR) is 99.2 cm³/mol. The molecule has 0 bridgehead atoms. The van der Waals surface area contributed by atoms with Gasteiger partial charge >= 0.3 is 0 Å². The lowest BCUT2D eigenvalue weighted by Gasteiger charge is -2.02. The number of nitrogens with zero attached hydrogens (tertiary/aromatic N) is 4. The van der Waals surface area contributed by atoms with E-state index in [-0.39, 0.29) is 0 Å². The van der Waals surface area contributed by atoms with E-state index in [1.807, 2.05) is 55.5 Å². The third-order valence-electron chi connectivity index (χ3n) is 3.69. The first-order chi connectivity index (χ1) is 11.7. The number of hydrazone groups is 1. The average Bonchev–Trinajstić information content (AvgIpc) is 2.97. The van der Waals surface area contributed by atoms with Crippen molar-refractivity contribution < 1.29 is 0 Å². The Bertz CT molecular complexity index is 1070. The van der Waals surface area contributed by atoms with Crippen molar-refractivity contribution in [2.45, 2.75) is 6.92 Å². The van der Waals surface area contributed by atoms with E-state index in [4.69, 9.17) is 0 Å². The normalized spacial score (nSPS) is 12.0. The van der Waals surface area contributed by atoms with Crippen LogP contribution in [0.3, 0.4) is 0 Å². The fourth-order valence-electron chi connectivity index (χ4n) is 2.48. The Labute approximate surface area is 146 Å². The maximum absolute atomic E-state index is 4.44. The van der Waals surface area contributed by atoms with Gasteiger partial charge in [-0.2, -0.15) is 10.1 Å². The predicted octanol–water partition coefficient (Wildman–Crippen LogP) is 4.10. The minimum atomic E-state index is 0.350. The van der Waals surface area contributed by atoms with Crippen molar-refractivity contribution in [3.63, 3.8) is 0 Å². The monoisotopic (exact) mass is 380 g/mol. The minimum Gasteiger partial charge on any atom is -0.338 e. The molecule has 0 saturated heterocycles. The summed E-state index contributed by atoms with van der Waals surface area (Å²) in [4.78, 5) is 7.68. The first-order valence-electron chi connectivity index (χ1n) is 7.38. The van der Waals surface area contributed by atoms with Crippen LogP contribution in [0.5, 0.6) is 0 Å². The molecule has 0 fully saturated rings. The van der Waals surface area contributed by atoms with Crippen LogP contribution in [0.2, 0.25) is 0 Å². The molecule has 0 radical (unpaired) electrons. The number of anilines is 1. The Balaban J connectivity index is 1.65. The molecule has 0 unspecified atom stereocenters. The van der Waals surface area contributed by atoms with Gasteiger partial charge in [-0.3, -0.25) is 0 Å². The molecule has 0 atom stereocenters. The van der Waals surface area contributed by atoms with Crippen molar-refractivity contribution in [1.29, 1.82) is 0 Å². The zero-order chi connectivity index (χ0) is 16.5. The Morgan fingerprint density at radius 3 is 2.88 bits per heavy atom. The molecule has 0 spiro atoms. The summed E-state index contributed by atoms with van der Waals surface area (Å²) in [5.41, 5.74) is 7.13. The zero-order valence-electron chi connectivity index (χ0n) is 12.8. The van der Waals surface area contributed by atoms with Crippen LogP contribution in [0, 0.1) is 0 Å². The van der Waals surface area contributed by atoms with Gasteiger partial charge in [0.05, 0.1) is 5.71 Å². The molecule has 0 saturated carbocycles. The van der Waals surface area contributed by atoms with Crippen molar-refractivity contribution in [3.8, 4) is 0 Å². The number of aromatic amines is 1. The highest BCUT2D eigenvalue weighted by Crippen LogP contribution is 2.21. The average molecular weight is 381 g/mol. The summed E-state index contributed by atoms with van der Waals surface area (Å²) in [5.74, 6) is 0.350. The summed E-state index contributed by atoms with van der Waals surface area (Å²) in [6, 6.07) is 15.8. The summed E-state index contributed by atoms with van der Waals surface area (Å²) in [6.45, 7) is 1.92. The third-order valence-corrected chi connectivity index (χ3v) is 4.18. The van der Waals surface area contributed by atoms with E-state index >= 15 is 0 Å². The highest BCUT2D eigenvalue weighted by molar-refractivity contribution is 9.10. The van der Waals surface area contributed by atoms with Crippen molar-refractivity contribution in [1.82, 2.24) is 20.2 Å². The Morgan fingerprint density at radius 2 is 2.00 bits per heavy atom. The topological polar surface area (TPSA) is 78.8 Å². The van der Waals surface area contributed by atoms with Crippen LogP contribution < -0.4 is 5.43 Å². The molecule has 4 aromatic rings. The molecular formula is C17H13BrN6. The SMILES string of the molecule is CC(=NNc1nnc2c(n1)[nH]c1ccccc12)c1cccc(Br)c1. The second kappa shape index (κ2) is 6.01. The number of hydrogen-bond donors (Lipinski definition) is 2. The lowest BCUT2D eigenvalue weighted by atomic mass is 10.1. The number of halogens is 1. The first-order valence-corrected chi connectivity index (χ1v) is 8.17. The molecule has 6 nitrogen and oxygen atoms in total. The van der Waals surface area contributed by atoms with Gasteiger partial charge in [-0.05, 0) is 30.7 Å². The summed E-state index contributed by atoms with van der Waals surface area (Å²) in [7, 11) is 0. The van der Waals surface area contributed by atoms with Gasteiger partial charge in [-0.1, -0.05) is 46.3 Å². The van der Waals surface area contributed by atoms with Crippen LogP contribution in [0.25, 0.3) is 22.1 Å². The second-order valence-corrected chi connectivity index (χ2v) is 6.24. The molecule has 0 aliphatic rings. The number of aromatic nitrogens is 4. The zero-order valence-corrected chi connectivity index (χ0v) is 14.4. The van der Waals surface area contributed by atoms with Crippen LogP contribution in [0.15, 0.2) is 58.1 Å². The number of fused-ring (bicyclic) bond motifs is 3. The lowest BCUT2D eigenvalue weighted by molar-refractivity contribution is 1.01. The molecular weight excluding hydrogens is 368 g/mol. The highest BCUT2D eigenvalue weighted by Gasteiger charge is 2.08. The van der Waals surface area contributed by atoms with E-state index < -0.39 is 0 Å². The van der Waals surface area contributed by atoms with Gasteiger partial charge in [-0.25, -0.2) is 5.43 Å². The van der Waals surface area contributed by atoms with E-state index in [9.17, 15) is 0 Å². The summed E-state index contributed by atoms with van der Waals surface area (Å²) in [6.07, 6.45) is 0. The lowest BCUT2D eigenvalue weighted by Crippen LogP contribution is -2.03. The van der Waals surface area contributed by atoms with Gasteiger partial charge < -0.3 is 4.98 Å². The van der Waals surface area contributed by atoms with Crippen LogP contribution in [-0.4, -0.2) is 25.9 Å². The molecule has 7 heteroatoms. The van der Waals surface area contributed by atoms with Gasteiger partial charge in [0.2, 0.25) is 0 Å². The molecule has 2 aromatic heterocycles. The Kier molecular flexibility index (Phi) is 3.70. The molecule has 0 aliphatic carbocycles. The maximum Gasteiger partial charge on any atom is 0.265 e. The number of rotatable bonds is 3. The van der Waals surface area contributed by atoms with E-state index in [0.717, 1.165) is 32.2 Å². The molecule has 4 rings (SSSR count). The molecule has 2 aromatic carbocycles. The van der Waals surface area contributed by atoms with Gasteiger partial charge in [0.1, 0.15) is 5.52 Å². The molecule has 118 valence electrons. The van der Waals surface area contributed by atoms with Gasteiger partial charge in [0, 0.05) is 15.4 Å². The van der Waals surface area contributed by atoms with E-state index in [1.165, 1.54) is 0 Å². The van der Waals surface area contributed by atoms with Crippen molar-refractivity contribution in [2.24, 2.45) is 5.10 Å².